The van der Waals surface area contributed by atoms with E-state index < -0.39 is 0 Å². The molecule has 0 unspecified atom stereocenters. The number of aryl methyl sites for hydroxylation is 1. The number of ether oxygens (including phenoxy) is 1. The fourth-order valence-corrected chi connectivity index (χ4v) is 3.38. The average molecular weight is 274 g/mol. The van der Waals surface area contributed by atoms with Crippen LogP contribution >= 0.6 is 0 Å². The van der Waals surface area contributed by atoms with Crippen LogP contribution < -0.4 is 10.5 Å². The standard InChI is InChI=1S/C17H26N2O/c18-17-6-4-5-14-7-8-15(13-16(14)17)20-12-11-19-9-2-1-3-10-19/h7-8,13,17H,1-6,9-12,18H2/t17-/m1/s1. The molecule has 0 amide bonds. The topological polar surface area (TPSA) is 38.5 Å². The first kappa shape index (κ1) is 13.9. The number of rotatable bonds is 4. The first-order valence-corrected chi connectivity index (χ1v) is 8.06. The smallest absolute Gasteiger partial charge is 0.119 e. The summed E-state index contributed by atoms with van der Waals surface area (Å²) in [5, 5.41) is 0. The summed E-state index contributed by atoms with van der Waals surface area (Å²) in [6.07, 6.45) is 7.55. The van der Waals surface area contributed by atoms with Crippen molar-refractivity contribution in [3.63, 3.8) is 0 Å². The number of nitrogens with zero attached hydrogens (tertiary/aromatic N) is 1. The molecule has 3 heteroatoms. The number of likely N-dealkylation sites (tertiary alicyclic amines) is 1. The fraction of sp³-hybridized carbons (Fsp3) is 0.647. The predicted molar refractivity (Wildman–Crippen MR) is 82.1 cm³/mol. The van der Waals surface area contributed by atoms with Crippen molar-refractivity contribution < 1.29 is 4.74 Å². The van der Waals surface area contributed by atoms with Gasteiger partial charge in [0, 0.05) is 12.6 Å². The van der Waals surface area contributed by atoms with Gasteiger partial charge in [0.25, 0.3) is 0 Å². The minimum absolute atomic E-state index is 0.199. The first-order valence-electron chi connectivity index (χ1n) is 8.06. The van der Waals surface area contributed by atoms with Crippen molar-refractivity contribution in [2.24, 2.45) is 5.73 Å². The number of nitrogens with two attached hydrogens (primary N) is 1. The lowest BCUT2D eigenvalue weighted by atomic mass is 9.88. The van der Waals surface area contributed by atoms with Crippen molar-refractivity contribution in [1.29, 1.82) is 0 Å². The first-order chi connectivity index (χ1) is 9.83. The molecule has 1 fully saturated rings. The maximum atomic E-state index is 6.20. The molecule has 1 aliphatic carbocycles. The van der Waals surface area contributed by atoms with Gasteiger partial charge in [0.05, 0.1) is 0 Å². The summed E-state index contributed by atoms with van der Waals surface area (Å²) in [5.74, 6) is 0.984. The van der Waals surface area contributed by atoms with E-state index in [9.17, 15) is 0 Å². The van der Waals surface area contributed by atoms with Crippen molar-refractivity contribution in [3.05, 3.63) is 29.3 Å². The normalized spacial score (nSPS) is 23.4. The van der Waals surface area contributed by atoms with Crippen LogP contribution in [-0.4, -0.2) is 31.1 Å². The molecule has 0 bridgehead atoms. The highest BCUT2D eigenvalue weighted by Crippen LogP contribution is 2.30. The zero-order chi connectivity index (χ0) is 13.8. The molecule has 1 saturated heterocycles. The summed E-state index contributed by atoms with van der Waals surface area (Å²) >= 11 is 0. The summed E-state index contributed by atoms with van der Waals surface area (Å²) < 4.78 is 5.93. The molecule has 20 heavy (non-hydrogen) atoms. The largest absolute Gasteiger partial charge is 0.492 e. The highest BCUT2D eigenvalue weighted by Gasteiger charge is 2.17. The van der Waals surface area contributed by atoms with Gasteiger partial charge in [0.15, 0.2) is 0 Å². The van der Waals surface area contributed by atoms with Gasteiger partial charge in [-0.3, -0.25) is 4.90 Å². The molecule has 0 aromatic heterocycles. The van der Waals surface area contributed by atoms with E-state index in [0.29, 0.717) is 0 Å². The third-order valence-electron chi connectivity index (χ3n) is 4.60. The van der Waals surface area contributed by atoms with Gasteiger partial charge >= 0.3 is 0 Å². The Balaban J connectivity index is 1.53. The third kappa shape index (κ3) is 3.33. The van der Waals surface area contributed by atoms with Crippen LogP contribution in [0.25, 0.3) is 0 Å². The Morgan fingerprint density at radius 3 is 2.85 bits per heavy atom. The molecule has 2 aliphatic rings. The van der Waals surface area contributed by atoms with E-state index in [1.807, 2.05) is 0 Å². The summed E-state index contributed by atoms with van der Waals surface area (Å²) in [6.45, 7) is 4.30. The highest BCUT2D eigenvalue weighted by atomic mass is 16.5. The zero-order valence-corrected chi connectivity index (χ0v) is 12.3. The zero-order valence-electron chi connectivity index (χ0n) is 12.3. The molecule has 1 aliphatic heterocycles. The Labute approximate surface area is 122 Å². The van der Waals surface area contributed by atoms with Gasteiger partial charge in [0.1, 0.15) is 12.4 Å². The molecule has 2 N–H and O–H groups in total. The molecule has 1 aromatic rings. The van der Waals surface area contributed by atoms with E-state index in [1.165, 1.54) is 49.9 Å². The van der Waals surface area contributed by atoms with Crippen LogP contribution in [0.4, 0.5) is 0 Å². The van der Waals surface area contributed by atoms with Gasteiger partial charge in [-0.15, -0.1) is 0 Å². The molecule has 1 aromatic carbocycles. The minimum atomic E-state index is 0.199. The van der Waals surface area contributed by atoms with Crippen molar-refractivity contribution in [2.75, 3.05) is 26.2 Å². The van der Waals surface area contributed by atoms with Crippen LogP contribution in [0.5, 0.6) is 5.75 Å². The Morgan fingerprint density at radius 1 is 1.15 bits per heavy atom. The molecule has 3 rings (SSSR count). The minimum Gasteiger partial charge on any atom is -0.492 e. The van der Waals surface area contributed by atoms with Crippen LogP contribution in [0.3, 0.4) is 0 Å². The van der Waals surface area contributed by atoms with Gasteiger partial charge in [-0.25, -0.2) is 0 Å². The van der Waals surface area contributed by atoms with Crippen LogP contribution in [0.2, 0.25) is 0 Å². The molecule has 1 atom stereocenters. The molecule has 1 heterocycles. The number of benzene rings is 1. The third-order valence-corrected chi connectivity index (χ3v) is 4.60. The fourth-order valence-electron chi connectivity index (χ4n) is 3.38. The Bertz CT molecular complexity index is 441. The molecule has 110 valence electrons. The lowest BCUT2D eigenvalue weighted by Crippen LogP contribution is -2.33. The second-order valence-corrected chi connectivity index (χ2v) is 6.11. The summed E-state index contributed by atoms with van der Waals surface area (Å²) in [7, 11) is 0. The van der Waals surface area contributed by atoms with Gasteiger partial charge in [-0.2, -0.15) is 0 Å². The van der Waals surface area contributed by atoms with E-state index in [2.05, 4.69) is 23.1 Å². The van der Waals surface area contributed by atoms with Crippen molar-refractivity contribution in [1.82, 2.24) is 4.90 Å². The molecule has 3 nitrogen and oxygen atoms in total. The van der Waals surface area contributed by atoms with Crippen LogP contribution in [0, 0.1) is 0 Å². The number of piperidine rings is 1. The molecule has 0 radical (unpaired) electrons. The monoisotopic (exact) mass is 274 g/mol. The maximum absolute atomic E-state index is 6.20. The second-order valence-electron chi connectivity index (χ2n) is 6.11. The maximum Gasteiger partial charge on any atom is 0.119 e. The molecular weight excluding hydrogens is 248 g/mol. The lowest BCUT2D eigenvalue weighted by Gasteiger charge is -2.26. The molecular formula is C17H26N2O. The van der Waals surface area contributed by atoms with Gasteiger partial charge in [-0.1, -0.05) is 12.5 Å². The van der Waals surface area contributed by atoms with E-state index in [1.54, 1.807) is 0 Å². The number of fused-ring (bicyclic) bond motifs is 1. The Hall–Kier alpha value is -1.06. The number of hydrogen-bond acceptors (Lipinski definition) is 3. The quantitative estimate of drug-likeness (QED) is 0.917. The summed E-state index contributed by atoms with van der Waals surface area (Å²) in [5.41, 5.74) is 8.90. The Morgan fingerprint density at radius 2 is 2.00 bits per heavy atom. The van der Waals surface area contributed by atoms with Crippen molar-refractivity contribution >= 4 is 0 Å². The SMILES string of the molecule is N[C@@H]1CCCc2ccc(OCCN3CCCCC3)cc21. The van der Waals surface area contributed by atoms with E-state index in [0.717, 1.165) is 31.7 Å². The number of hydrogen-bond donors (Lipinski definition) is 1. The average Bonchev–Trinajstić information content (AvgIpc) is 2.49. The van der Waals surface area contributed by atoms with Crippen molar-refractivity contribution in [3.8, 4) is 5.75 Å². The Kier molecular flexibility index (Phi) is 4.58. The van der Waals surface area contributed by atoms with Crippen LogP contribution in [0.15, 0.2) is 18.2 Å². The van der Waals surface area contributed by atoms with Crippen LogP contribution in [-0.2, 0) is 6.42 Å². The van der Waals surface area contributed by atoms with E-state index >= 15 is 0 Å². The van der Waals surface area contributed by atoms with Gasteiger partial charge in [-0.05, 0) is 68.5 Å². The predicted octanol–water partition coefficient (Wildman–Crippen LogP) is 2.89. The molecule has 0 spiro atoms. The van der Waals surface area contributed by atoms with Crippen LogP contribution in [0.1, 0.15) is 49.3 Å². The summed E-state index contributed by atoms with van der Waals surface area (Å²) in [4.78, 5) is 2.51. The van der Waals surface area contributed by atoms with Gasteiger partial charge < -0.3 is 10.5 Å². The van der Waals surface area contributed by atoms with Crippen molar-refractivity contribution in [2.45, 2.75) is 44.6 Å². The molecule has 0 saturated carbocycles. The van der Waals surface area contributed by atoms with E-state index in [4.69, 9.17) is 10.5 Å². The lowest BCUT2D eigenvalue weighted by molar-refractivity contribution is 0.183. The second kappa shape index (κ2) is 6.59. The summed E-state index contributed by atoms with van der Waals surface area (Å²) in [6, 6.07) is 6.66. The van der Waals surface area contributed by atoms with E-state index in [-0.39, 0.29) is 6.04 Å². The highest BCUT2D eigenvalue weighted by molar-refractivity contribution is 5.39. The van der Waals surface area contributed by atoms with Gasteiger partial charge in [0.2, 0.25) is 0 Å².